The van der Waals surface area contributed by atoms with Gasteiger partial charge in [0.1, 0.15) is 4.21 Å². The minimum Gasteiger partial charge on any atom is -0.312 e. The number of aryl methyl sites for hydroxylation is 1. The van der Waals surface area contributed by atoms with E-state index < -0.39 is 10.0 Å². The van der Waals surface area contributed by atoms with Crippen molar-refractivity contribution in [1.29, 1.82) is 0 Å². The molecular formula is C13H22N2O2S2. The van der Waals surface area contributed by atoms with Gasteiger partial charge in [0, 0.05) is 17.5 Å². The fourth-order valence-corrected chi connectivity index (χ4v) is 4.93. The summed E-state index contributed by atoms with van der Waals surface area (Å²) in [5, 5.41) is 3.23. The highest BCUT2D eigenvalue weighted by atomic mass is 32.2. The van der Waals surface area contributed by atoms with Gasteiger partial charge in [0.2, 0.25) is 10.0 Å². The van der Waals surface area contributed by atoms with Crippen LogP contribution in [0, 0.1) is 12.3 Å². The molecule has 2 N–H and O–H groups in total. The number of nitrogens with one attached hydrogen (secondary N) is 2. The topological polar surface area (TPSA) is 58.2 Å². The predicted molar refractivity (Wildman–Crippen MR) is 78.9 cm³/mol. The Balaban J connectivity index is 2.12. The molecule has 4 nitrogen and oxygen atoms in total. The largest absolute Gasteiger partial charge is 0.312 e. The number of hydrogen-bond acceptors (Lipinski definition) is 4. The Morgan fingerprint density at radius 1 is 1.47 bits per heavy atom. The lowest BCUT2D eigenvalue weighted by Crippen LogP contribution is -2.27. The first-order valence-electron chi connectivity index (χ1n) is 6.58. The van der Waals surface area contributed by atoms with Crippen LogP contribution in [-0.2, 0) is 16.6 Å². The second-order valence-corrected chi connectivity index (χ2v) is 8.90. The van der Waals surface area contributed by atoms with Crippen LogP contribution >= 0.6 is 11.3 Å². The van der Waals surface area contributed by atoms with E-state index in [2.05, 4.69) is 23.9 Å². The summed E-state index contributed by atoms with van der Waals surface area (Å²) in [5.41, 5.74) is 1.15. The van der Waals surface area contributed by atoms with Crippen molar-refractivity contribution in [1.82, 2.24) is 10.0 Å². The van der Waals surface area contributed by atoms with E-state index in [9.17, 15) is 8.42 Å². The second kappa shape index (κ2) is 5.16. The number of sulfonamides is 1. The molecule has 19 heavy (non-hydrogen) atoms. The Kier molecular flexibility index (Phi) is 4.07. The molecule has 1 aromatic heterocycles. The van der Waals surface area contributed by atoms with Crippen molar-refractivity contribution >= 4 is 21.4 Å². The van der Waals surface area contributed by atoms with Gasteiger partial charge in [-0.2, -0.15) is 0 Å². The molecule has 1 saturated carbocycles. The summed E-state index contributed by atoms with van der Waals surface area (Å²) in [4.78, 5) is 1.09. The van der Waals surface area contributed by atoms with Gasteiger partial charge in [0.25, 0.3) is 0 Å². The Morgan fingerprint density at radius 2 is 2.11 bits per heavy atom. The minimum absolute atomic E-state index is 0.0807. The molecule has 0 bridgehead atoms. The molecule has 1 heterocycles. The molecule has 0 spiro atoms. The molecule has 2 rings (SSSR count). The fraction of sp³-hybridized carbons (Fsp3) is 0.692. The third kappa shape index (κ3) is 3.37. The maximum Gasteiger partial charge on any atom is 0.250 e. The highest BCUT2D eigenvalue weighted by Gasteiger charge is 2.48. The third-order valence-electron chi connectivity index (χ3n) is 3.61. The maximum absolute atomic E-state index is 12.3. The molecule has 0 aliphatic heterocycles. The highest BCUT2D eigenvalue weighted by Crippen LogP contribution is 2.45. The quantitative estimate of drug-likeness (QED) is 0.847. The molecule has 108 valence electrons. The van der Waals surface area contributed by atoms with E-state index >= 15 is 0 Å². The summed E-state index contributed by atoms with van der Waals surface area (Å²) < 4.78 is 27.8. The van der Waals surface area contributed by atoms with Gasteiger partial charge >= 0.3 is 0 Å². The molecule has 0 amide bonds. The first-order chi connectivity index (χ1) is 8.76. The van der Waals surface area contributed by atoms with Crippen LogP contribution in [0.5, 0.6) is 0 Å². The molecule has 1 unspecified atom stereocenters. The second-order valence-electron chi connectivity index (χ2n) is 5.82. The Morgan fingerprint density at radius 3 is 2.63 bits per heavy atom. The van der Waals surface area contributed by atoms with Crippen LogP contribution in [0.2, 0.25) is 0 Å². The average molecular weight is 302 g/mol. The van der Waals surface area contributed by atoms with Gasteiger partial charge in [-0.05, 0) is 36.9 Å². The smallest absolute Gasteiger partial charge is 0.250 e. The predicted octanol–water partition coefficient (Wildman–Crippen LogP) is 2.24. The van der Waals surface area contributed by atoms with E-state index in [1.807, 2.05) is 13.8 Å². The SMILES string of the molecule is CCNCc1sc(S(=O)(=O)NC2CC2(C)C)cc1C. The Labute approximate surface area is 119 Å². The highest BCUT2D eigenvalue weighted by molar-refractivity contribution is 7.91. The number of rotatable bonds is 6. The summed E-state index contributed by atoms with van der Waals surface area (Å²) in [6.45, 7) is 9.78. The van der Waals surface area contributed by atoms with Crippen molar-refractivity contribution < 1.29 is 8.42 Å². The molecule has 6 heteroatoms. The summed E-state index contributed by atoms with van der Waals surface area (Å²) in [6.07, 6.45) is 0.917. The Hall–Kier alpha value is -0.430. The van der Waals surface area contributed by atoms with Crippen LogP contribution in [0.1, 0.15) is 37.6 Å². The van der Waals surface area contributed by atoms with E-state index in [0.717, 1.165) is 30.0 Å². The van der Waals surface area contributed by atoms with Crippen LogP contribution in [0.3, 0.4) is 0 Å². The molecule has 0 aromatic carbocycles. The molecule has 1 aliphatic rings. The standard InChI is InChI=1S/C13H22N2O2S2/c1-5-14-8-10-9(2)6-12(18-10)19(16,17)15-11-7-13(11,3)4/h6,11,14-15H,5,7-8H2,1-4H3. The van der Waals surface area contributed by atoms with Gasteiger partial charge in [-0.1, -0.05) is 20.8 Å². The van der Waals surface area contributed by atoms with Gasteiger partial charge in [-0.3, -0.25) is 0 Å². The van der Waals surface area contributed by atoms with Gasteiger partial charge in [0.15, 0.2) is 0 Å². The number of hydrogen-bond donors (Lipinski definition) is 2. The monoisotopic (exact) mass is 302 g/mol. The third-order valence-corrected chi connectivity index (χ3v) is 6.79. The normalized spacial score (nSPS) is 21.6. The van der Waals surface area contributed by atoms with Crippen molar-refractivity contribution in [2.24, 2.45) is 5.41 Å². The first kappa shape index (κ1) is 15.0. The fourth-order valence-electron chi connectivity index (χ4n) is 1.95. The minimum atomic E-state index is -3.35. The van der Waals surface area contributed by atoms with Crippen molar-refractivity contribution in [3.05, 3.63) is 16.5 Å². The van der Waals surface area contributed by atoms with Crippen molar-refractivity contribution in [3.8, 4) is 0 Å². The lowest BCUT2D eigenvalue weighted by molar-refractivity contribution is 0.556. The van der Waals surface area contributed by atoms with Gasteiger partial charge < -0.3 is 5.32 Å². The molecular weight excluding hydrogens is 280 g/mol. The van der Waals surface area contributed by atoms with Gasteiger partial charge in [-0.15, -0.1) is 11.3 Å². The molecule has 1 aliphatic carbocycles. The zero-order valence-electron chi connectivity index (χ0n) is 11.9. The van der Waals surface area contributed by atoms with Crippen LogP contribution in [0.25, 0.3) is 0 Å². The summed E-state index contributed by atoms with van der Waals surface area (Å²) in [6, 6.07) is 1.85. The lowest BCUT2D eigenvalue weighted by atomic mass is 10.2. The molecule has 1 atom stereocenters. The van der Waals surface area contributed by atoms with Crippen LogP contribution in [0.4, 0.5) is 0 Å². The molecule has 0 radical (unpaired) electrons. The zero-order chi connectivity index (χ0) is 14.3. The Bertz CT molecular complexity index is 561. The van der Waals surface area contributed by atoms with Crippen molar-refractivity contribution in [2.45, 2.75) is 50.9 Å². The average Bonchev–Trinajstić information content (AvgIpc) is 2.71. The summed E-state index contributed by atoms with van der Waals surface area (Å²) in [7, 11) is -3.35. The lowest BCUT2D eigenvalue weighted by Gasteiger charge is -2.06. The first-order valence-corrected chi connectivity index (χ1v) is 8.88. The molecule has 0 saturated heterocycles. The summed E-state index contributed by atoms with van der Waals surface area (Å²) >= 11 is 1.36. The van der Waals surface area contributed by atoms with Gasteiger partial charge in [-0.25, -0.2) is 13.1 Å². The van der Waals surface area contributed by atoms with Crippen LogP contribution in [-0.4, -0.2) is 21.0 Å². The molecule has 1 aromatic rings. The van der Waals surface area contributed by atoms with Crippen molar-refractivity contribution in [3.63, 3.8) is 0 Å². The number of thiophene rings is 1. The molecule has 1 fully saturated rings. The van der Waals surface area contributed by atoms with E-state index in [4.69, 9.17) is 0 Å². The van der Waals surface area contributed by atoms with Gasteiger partial charge in [0.05, 0.1) is 0 Å². The van der Waals surface area contributed by atoms with Crippen molar-refractivity contribution in [2.75, 3.05) is 6.54 Å². The van der Waals surface area contributed by atoms with Crippen LogP contribution in [0.15, 0.2) is 10.3 Å². The van der Waals surface area contributed by atoms with E-state index in [1.54, 1.807) is 6.07 Å². The van der Waals surface area contributed by atoms with E-state index in [0.29, 0.717) is 4.21 Å². The van der Waals surface area contributed by atoms with E-state index in [1.165, 1.54) is 11.3 Å². The maximum atomic E-state index is 12.3. The van der Waals surface area contributed by atoms with Crippen LogP contribution < -0.4 is 10.0 Å². The summed E-state index contributed by atoms with van der Waals surface area (Å²) in [5.74, 6) is 0. The van der Waals surface area contributed by atoms with E-state index in [-0.39, 0.29) is 11.5 Å². The zero-order valence-corrected chi connectivity index (χ0v) is 13.5.